The quantitative estimate of drug-likeness (QED) is 0.619. The van der Waals surface area contributed by atoms with Crippen molar-refractivity contribution in [1.29, 1.82) is 0 Å². The zero-order valence-electron chi connectivity index (χ0n) is 8.65. The first kappa shape index (κ1) is 15.0. The topological polar surface area (TPSA) is 46.2 Å². The molecule has 0 bridgehead atoms. The molecule has 3 nitrogen and oxygen atoms in total. The Kier molecular flexibility index (Phi) is 5.93. The zero-order valence-corrected chi connectivity index (χ0v) is 10.9. The van der Waals surface area contributed by atoms with Crippen LogP contribution in [0.1, 0.15) is 33.1 Å². The van der Waals surface area contributed by atoms with E-state index < -0.39 is 15.2 Å². The summed E-state index contributed by atoms with van der Waals surface area (Å²) >= 11 is 16.2. The third kappa shape index (κ3) is 5.59. The van der Waals surface area contributed by atoms with Crippen LogP contribution in [0.3, 0.4) is 0 Å². The molecule has 0 aromatic carbocycles. The van der Waals surface area contributed by atoms with Crippen LogP contribution in [-0.4, -0.2) is 21.5 Å². The number of unbranched alkanes of at least 4 members (excludes halogenated alkanes) is 1. The van der Waals surface area contributed by atoms with Crippen molar-refractivity contribution in [3.05, 3.63) is 0 Å². The highest BCUT2D eigenvalue weighted by molar-refractivity contribution is 6.76. The van der Waals surface area contributed by atoms with Gasteiger partial charge in [-0.1, -0.05) is 54.6 Å². The lowest BCUT2D eigenvalue weighted by atomic mass is 9.97. The minimum Gasteiger partial charge on any atom is -0.340 e. The highest BCUT2D eigenvalue weighted by atomic mass is 35.6. The molecule has 1 atom stereocenters. The van der Waals surface area contributed by atoms with E-state index in [0.717, 1.165) is 12.8 Å². The van der Waals surface area contributed by atoms with E-state index in [9.17, 15) is 9.59 Å². The Bertz CT molecular complexity index is 240. The molecule has 1 amide bonds. The number of carbonyl (C=O) groups is 2. The van der Waals surface area contributed by atoms with Crippen LogP contribution in [0, 0.1) is 0 Å². The fourth-order valence-corrected chi connectivity index (χ4v) is 1.17. The second kappa shape index (κ2) is 5.92. The van der Waals surface area contributed by atoms with Crippen molar-refractivity contribution in [2.24, 2.45) is 0 Å². The molecule has 0 fully saturated rings. The number of aldehydes is 1. The van der Waals surface area contributed by atoms with Crippen molar-refractivity contribution in [2.45, 2.75) is 42.4 Å². The molecule has 0 rings (SSSR count). The van der Waals surface area contributed by atoms with E-state index >= 15 is 0 Å². The molecule has 0 heterocycles. The molecule has 0 aromatic rings. The molecule has 0 spiro atoms. The van der Waals surface area contributed by atoms with E-state index in [1.807, 2.05) is 6.92 Å². The zero-order chi connectivity index (χ0) is 12.1. The number of halogens is 3. The molecule has 0 saturated carbocycles. The van der Waals surface area contributed by atoms with E-state index in [1.54, 1.807) is 6.92 Å². The maximum atomic E-state index is 11.3. The molecule has 1 N–H and O–H groups in total. The normalized spacial score (nSPS) is 15.5. The number of rotatable bonds is 5. The summed E-state index contributed by atoms with van der Waals surface area (Å²) in [5.41, 5.74) is -0.961. The molecular formula is C9H14Cl3NO2. The Labute approximate surface area is 104 Å². The van der Waals surface area contributed by atoms with Gasteiger partial charge >= 0.3 is 0 Å². The average molecular weight is 275 g/mol. The molecule has 88 valence electrons. The summed E-state index contributed by atoms with van der Waals surface area (Å²) in [5, 5.41) is 2.42. The summed E-state index contributed by atoms with van der Waals surface area (Å²) in [7, 11) is 0. The summed E-state index contributed by atoms with van der Waals surface area (Å²) in [4.78, 5) is 22.2. The maximum Gasteiger partial charge on any atom is 0.272 e. The number of nitrogens with one attached hydrogen (secondary N) is 1. The first-order valence-electron chi connectivity index (χ1n) is 4.61. The molecule has 0 radical (unpaired) electrons. The Hall–Kier alpha value is 0.01000. The second-order valence-electron chi connectivity index (χ2n) is 3.59. The largest absolute Gasteiger partial charge is 0.340 e. The molecule has 6 heteroatoms. The molecule has 0 aliphatic carbocycles. The Balaban J connectivity index is 4.44. The van der Waals surface area contributed by atoms with Gasteiger partial charge in [0.25, 0.3) is 9.70 Å². The molecule has 0 saturated heterocycles. The first-order chi connectivity index (χ1) is 6.75. The van der Waals surface area contributed by atoms with Gasteiger partial charge < -0.3 is 10.1 Å². The predicted molar refractivity (Wildman–Crippen MR) is 62.4 cm³/mol. The van der Waals surface area contributed by atoms with Crippen LogP contribution in [0.2, 0.25) is 0 Å². The highest BCUT2D eigenvalue weighted by Crippen LogP contribution is 2.27. The first-order valence-corrected chi connectivity index (χ1v) is 5.74. The maximum absolute atomic E-state index is 11.3. The SMILES string of the molecule is CCCC[C@@](C)(C=O)NC(=O)C(Cl)(Cl)Cl. The smallest absolute Gasteiger partial charge is 0.272 e. The minimum atomic E-state index is -2.03. The standard InChI is InChI=1S/C9H14Cl3NO2/c1-3-4-5-8(2,6-14)13-7(15)9(10,11)12/h6H,3-5H2,1-2H3,(H,13,15)/t8-/m0/s1. The minimum absolute atomic E-state index is 0.527. The van der Waals surface area contributed by atoms with Crippen molar-refractivity contribution >= 4 is 47.0 Å². The van der Waals surface area contributed by atoms with Gasteiger partial charge in [0.2, 0.25) is 0 Å². The van der Waals surface area contributed by atoms with Gasteiger partial charge in [-0.2, -0.15) is 0 Å². The van der Waals surface area contributed by atoms with Crippen molar-refractivity contribution in [2.75, 3.05) is 0 Å². The van der Waals surface area contributed by atoms with Gasteiger partial charge in [0.15, 0.2) is 0 Å². The third-order valence-corrected chi connectivity index (χ3v) is 2.48. The van der Waals surface area contributed by atoms with Crippen LogP contribution in [0.4, 0.5) is 0 Å². The number of carbonyl (C=O) groups excluding carboxylic acids is 2. The van der Waals surface area contributed by atoms with Crippen LogP contribution in [-0.2, 0) is 9.59 Å². The van der Waals surface area contributed by atoms with Crippen molar-refractivity contribution in [1.82, 2.24) is 5.32 Å². The van der Waals surface area contributed by atoms with Crippen LogP contribution in [0.5, 0.6) is 0 Å². The van der Waals surface area contributed by atoms with Crippen LogP contribution < -0.4 is 5.32 Å². The molecule has 0 aromatic heterocycles. The van der Waals surface area contributed by atoms with E-state index in [-0.39, 0.29) is 0 Å². The summed E-state index contributed by atoms with van der Waals surface area (Å²) in [6, 6.07) is 0. The van der Waals surface area contributed by atoms with Gasteiger partial charge in [-0.25, -0.2) is 0 Å². The van der Waals surface area contributed by atoms with Gasteiger partial charge in [-0.3, -0.25) is 4.79 Å². The van der Waals surface area contributed by atoms with E-state index in [1.165, 1.54) is 0 Å². The lowest BCUT2D eigenvalue weighted by Crippen LogP contribution is -2.51. The van der Waals surface area contributed by atoms with Gasteiger partial charge in [0.05, 0.1) is 5.54 Å². The van der Waals surface area contributed by atoms with E-state index in [4.69, 9.17) is 34.8 Å². The number of hydrogen-bond acceptors (Lipinski definition) is 2. The lowest BCUT2D eigenvalue weighted by Gasteiger charge is -2.26. The Morgan fingerprint density at radius 2 is 1.93 bits per heavy atom. The molecule has 15 heavy (non-hydrogen) atoms. The molecule has 0 unspecified atom stereocenters. The highest BCUT2D eigenvalue weighted by Gasteiger charge is 2.36. The summed E-state index contributed by atoms with van der Waals surface area (Å²) in [5.74, 6) is -0.779. The molecule has 0 aliphatic heterocycles. The Morgan fingerprint density at radius 3 is 2.27 bits per heavy atom. The Morgan fingerprint density at radius 1 is 1.40 bits per heavy atom. The van der Waals surface area contributed by atoms with E-state index in [0.29, 0.717) is 12.7 Å². The fourth-order valence-electron chi connectivity index (χ4n) is 1.03. The number of hydrogen-bond donors (Lipinski definition) is 1. The number of alkyl halides is 3. The van der Waals surface area contributed by atoms with Crippen molar-refractivity contribution < 1.29 is 9.59 Å². The van der Waals surface area contributed by atoms with Gasteiger partial charge in [0, 0.05) is 0 Å². The van der Waals surface area contributed by atoms with Crippen LogP contribution >= 0.6 is 34.8 Å². The third-order valence-electron chi connectivity index (χ3n) is 1.97. The molecule has 0 aliphatic rings. The predicted octanol–water partition coefficient (Wildman–Crippen LogP) is 2.62. The van der Waals surface area contributed by atoms with Crippen LogP contribution in [0.15, 0.2) is 0 Å². The van der Waals surface area contributed by atoms with Gasteiger partial charge in [-0.15, -0.1) is 0 Å². The lowest BCUT2D eigenvalue weighted by molar-refractivity contribution is -0.125. The van der Waals surface area contributed by atoms with Gasteiger partial charge in [-0.05, 0) is 13.3 Å². The monoisotopic (exact) mass is 273 g/mol. The van der Waals surface area contributed by atoms with Crippen molar-refractivity contribution in [3.8, 4) is 0 Å². The summed E-state index contributed by atoms with van der Waals surface area (Å²) < 4.78 is -2.03. The van der Waals surface area contributed by atoms with Crippen molar-refractivity contribution in [3.63, 3.8) is 0 Å². The summed E-state index contributed by atoms with van der Waals surface area (Å²) in [6.07, 6.45) is 2.93. The number of amides is 1. The fraction of sp³-hybridized carbons (Fsp3) is 0.778. The van der Waals surface area contributed by atoms with Crippen LogP contribution in [0.25, 0.3) is 0 Å². The molecular weight excluding hydrogens is 260 g/mol. The van der Waals surface area contributed by atoms with Gasteiger partial charge in [0.1, 0.15) is 6.29 Å². The average Bonchev–Trinajstić information content (AvgIpc) is 2.13. The summed E-state index contributed by atoms with van der Waals surface area (Å²) in [6.45, 7) is 3.59. The second-order valence-corrected chi connectivity index (χ2v) is 5.87. The van der Waals surface area contributed by atoms with E-state index in [2.05, 4.69) is 5.32 Å².